The van der Waals surface area contributed by atoms with Gasteiger partial charge in [-0.3, -0.25) is 9.78 Å². The molecule has 3 heterocycles. The average Bonchev–Trinajstić information content (AvgIpc) is 3.28. The number of hydrogen-bond acceptors (Lipinski definition) is 6. The van der Waals surface area contributed by atoms with Gasteiger partial charge in [0.25, 0.3) is 15.9 Å². The Morgan fingerprint density at radius 3 is 2.50 bits per heavy atom. The van der Waals surface area contributed by atoms with Crippen LogP contribution in [0.4, 0.5) is 0 Å². The minimum atomic E-state index is -3.92. The van der Waals surface area contributed by atoms with Crippen molar-refractivity contribution in [3.8, 4) is 10.6 Å². The van der Waals surface area contributed by atoms with Gasteiger partial charge < -0.3 is 4.53 Å². The van der Waals surface area contributed by atoms with Gasteiger partial charge in [0.2, 0.25) is 8.32 Å². The quantitative estimate of drug-likeness (QED) is 0.422. The third kappa shape index (κ3) is 4.84. The summed E-state index contributed by atoms with van der Waals surface area (Å²) >= 11 is 1.15. The van der Waals surface area contributed by atoms with Crippen LogP contribution in [0.2, 0.25) is 19.6 Å². The van der Waals surface area contributed by atoms with Crippen molar-refractivity contribution in [2.75, 3.05) is 0 Å². The molecule has 10 heteroatoms. The lowest BCUT2D eigenvalue weighted by Crippen LogP contribution is -2.53. The summed E-state index contributed by atoms with van der Waals surface area (Å²) < 4.78 is 34.4. The van der Waals surface area contributed by atoms with E-state index in [4.69, 9.17) is 4.53 Å². The van der Waals surface area contributed by atoms with Gasteiger partial charge in [-0.2, -0.15) is 4.31 Å². The molecule has 168 valence electrons. The number of benzene rings is 1. The van der Waals surface area contributed by atoms with Crippen LogP contribution < -0.4 is 5.48 Å². The van der Waals surface area contributed by atoms with E-state index in [0.717, 1.165) is 27.3 Å². The van der Waals surface area contributed by atoms with Crippen LogP contribution in [0.1, 0.15) is 11.1 Å². The number of thiophene rings is 1. The predicted octanol–water partition coefficient (Wildman–Crippen LogP) is 3.81. The van der Waals surface area contributed by atoms with E-state index in [1.54, 1.807) is 18.3 Å². The number of amides is 1. The number of rotatable bonds is 6. The molecule has 7 nitrogen and oxygen atoms in total. The fourth-order valence-corrected chi connectivity index (χ4v) is 6.85. The second-order valence-electron chi connectivity index (χ2n) is 8.55. The first-order valence-electron chi connectivity index (χ1n) is 10.2. The van der Waals surface area contributed by atoms with E-state index in [2.05, 4.69) is 10.5 Å². The summed E-state index contributed by atoms with van der Waals surface area (Å²) in [5, 5.41) is 0. The Balaban J connectivity index is 1.68. The van der Waals surface area contributed by atoms with Crippen LogP contribution in [0.3, 0.4) is 0 Å². The summed E-state index contributed by atoms with van der Waals surface area (Å²) in [5.41, 5.74) is 5.09. The smallest absolute Gasteiger partial charge is 0.261 e. The summed E-state index contributed by atoms with van der Waals surface area (Å²) in [6.45, 7) is 5.97. The molecular weight excluding hydrogens is 462 g/mol. The van der Waals surface area contributed by atoms with Crippen molar-refractivity contribution in [2.45, 2.75) is 42.9 Å². The zero-order valence-corrected chi connectivity index (χ0v) is 20.7. The monoisotopic (exact) mass is 487 g/mol. The predicted molar refractivity (Wildman–Crippen MR) is 127 cm³/mol. The number of carbonyl (C=O) groups excluding carboxylic acids is 1. The molecule has 0 saturated heterocycles. The molecule has 0 radical (unpaired) electrons. The van der Waals surface area contributed by atoms with Gasteiger partial charge in [-0.05, 0) is 61.5 Å². The van der Waals surface area contributed by atoms with E-state index in [9.17, 15) is 13.2 Å². The highest BCUT2D eigenvalue weighted by Crippen LogP contribution is 2.35. The van der Waals surface area contributed by atoms with Crippen molar-refractivity contribution in [3.63, 3.8) is 0 Å². The number of fused-ring (bicyclic) bond motifs is 1. The van der Waals surface area contributed by atoms with Crippen molar-refractivity contribution >= 4 is 35.6 Å². The molecule has 0 fully saturated rings. The third-order valence-electron chi connectivity index (χ3n) is 5.03. The van der Waals surface area contributed by atoms with Crippen molar-refractivity contribution in [1.82, 2.24) is 14.8 Å². The molecule has 1 aliphatic heterocycles. The zero-order chi connectivity index (χ0) is 22.9. The second-order valence-corrected chi connectivity index (χ2v) is 16.2. The topological polar surface area (TPSA) is 88.6 Å². The molecule has 0 aliphatic carbocycles. The lowest BCUT2D eigenvalue weighted by atomic mass is 9.95. The minimum Gasteiger partial charge on any atom is -0.320 e. The molecule has 4 rings (SSSR count). The molecule has 2 aromatic heterocycles. The number of nitrogens with one attached hydrogen (secondary N) is 1. The van der Waals surface area contributed by atoms with Crippen molar-refractivity contribution < 1.29 is 17.7 Å². The van der Waals surface area contributed by atoms with Crippen molar-refractivity contribution in [3.05, 3.63) is 71.9 Å². The fraction of sp³-hybridized carbons (Fsp3) is 0.273. The molecular formula is C22H25N3O4S2Si. The number of aromatic nitrogens is 1. The Morgan fingerprint density at radius 1 is 1.09 bits per heavy atom. The highest BCUT2D eigenvalue weighted by Gasteiger charge is 2.40. The van der Waals surface area contributed by atoms with Crippen LogP contribution in [0, 0.1) is 0 Å². The standard InChI is InChI=1S/C22H25N3O4S2Si/c1-32(2,3)29-24-22(26)19-14-16-8-4-5-9-17(16)15-25(19)31(27,28)21-12-11-20(30-21)18-10-6-7-13-23-18/h4-13,19H,14-15H2,1-3H3,(H,24,26)/t19-/m1/s1. The van der Waals surface area contributed by atoms with Gasteiger partial charge in [0, 0.05) is 12.7 Å². The number of carbonyl (C=O) groups is 1. The number of pyridine rings is 1. The Hall–Kier alpha value is -2.37. The number of hydroxylamine groups is 1. The second kappa shape index (κ2) is 8.87. The van der Waals surface area contributed by atoms with E-state index < -0.39 is 30.3 Å². The largest absolute Gasteiger partial charge is 0.320 e. The summed E-state index contributed by atoms with van der Waals surface area (Å²) in [6.07, 6.45) is 1.96. The van der Waals surface area contributed by atoms with Crippen LogP contribution in [0.15, 0.2) is 65.0 Å². The van der Waals surface area contributed by atoms with Crippen LogP contribution >= 0.6 is 11.3 Å². The molecule has 1 aliphatic rings. The SMILES string of the molecule is C[Si](C)(C)ONC(=O)[C@H]1Cc2ccccc2CN1S(=O)(=O)c1ccc(-c2ccccn2)s1. The van der Waals surface area contributed by atoms with Gasteiger partial charge in [0.05, 0.1) is 10.6 Å². The first-order valence-corrected chi connectivity index (χ1v) is 15.9. The van der Waals surface area contributed by atoms with Crippen LogP contribution in [-0.2, 0) is 32.3 Å². The van der Waals surface area contributed by atoms with E-state index in [1.165, 1.54) is 4.31 Å². The lowest BCUT2D eigenvalue weighted by Gasteiger charge is -2.35. The number of sulfonamides is 1. The Labute approximate surface area is 193 Å². The molecule has 1 aromatic carbocycles. The maximum Gasteiger partial charge on any atom is 0.261 e. The Morgan fingerprint density at radius 2 is 1.81 bits per heavy atom. The maximum absolute atomic E-state index is 13.7. The first-order chi connectivity index (χ1) is 15.1. The highest BCUT2D eigenvalue weighted by molar-refractivity contribution is 7.91. The molecule has 1 atom stereocenters. The van der Waals surface area contributed by atoms with Crippen LogP contribution in [0.25, 0.3) is 10.6 Å². The van der Waals surface area contributed by atoms with Crippen molar-refractivity contribution in [2.24, 2.45) is 0 Å². The fourth-order valence-electron chi connectivity index (χ4n) is 3.47. The summed E-state index contributed by atoms with van der Waals surface area (Å²) in [6, 6.07) is 15.6. The van der Waals surface area contributed by atoms with Crippen LogP contribution in [0.5, 0.6) is 0 Å². The first kappa shape index (κ1) is 22.8. The summed E-state index contributed by atoms with van der Waals surface area (Å²) in [7, 11) is -5.95. The van der Waals surface area contributed by atoms with Gasteiger partial charge >= 0.3 is 0 Å². The van der Waals surface area contributed by atoms with E-state index >= 15 is 0 Å². The van der Waals surface area contributed by atoms with Gasteiger partial charge in [-0.25, -0.2) is 13.9 Å². The van der Waals surface area contributed by atoms with E-state index in [0.29, 0.717) is 5.69 Å². The Kier molecular flexibility index (Phi) is 6.32. The highest BCUT2D eigenvalue weighted by atomic mass is 32.2. The average molecular weight is 488 g/mol. The lowest BCUT2D eigenvalue weighted by molar-refractivity contribution is -0.132. The molecule has 32 heavy (non-hydrogen) atoms. The zero-order valence-electron chi connectivity index (χ0n) is 18.1. The van der Waals surface area contributed by atoms with Gasteiger partial charge in [0.15, 0.2) is 0 Å². The van der Waals surface area contributed by atoms with E-state index in [-0.39, 0.29) is 17.2 Å². The normalized spacial score (nSPS) is 17.0. The van der Waals surface area contributed by atoms with Gasteiger partial charge in [-0.1, -0.05) is 30.3 Å². The molecule has 3 aromatic rings. The summed E-state index contributed by atoms with van der Waals surface area (Å²) in [4.78, 5) is 18.1. The number of hydrogen-bond donors (Lipinski definition) is 1. The molecule has 0 unspecified atom stereocenters. The Bertz CT molecular complexity index is 1220. The molecule has 1 amide bonds. The third-order valence-corrected chi connectivity index (χ3v) is 9.17. The molecule has 0 spiro atoms. The van der Waals surface area contributed by atoms with E-state index in [1.807, 2.05) is 62.1 Å². The molecule has 0 bridgehead atoms. The summed E-state index contributed by atoms with van der Waals surface area (Å²) in [5.74, 6) is -0.452. The molecule has 0 saturated carbocycles. The minimum absolute atomic E-state index is 0.125. The van der Waals surface area contributed by atoms with Gasteiger partial charge in [-0.15, -0.1) is 11.3 Å². The maximum atomic E-state index is 13.7. The number of nitrogens with zero attached hydrogens (tertiary/aromatic N) is 2. The molecule has 1 N–H and O–H groups in total. The van der Waals surface area contributed by atoms with Crippen LogP contribution in [-0.4, -0.2) is 38.0 Å². The van der Waals surface area contributed by atoms with Crippen molar-refractivity contribution in [1.29, 1.82) is 0 Å². The van der Waals surface area contributed by atoms with Gasteiger partial charge in [0.1, 0.15) is 10.3 Å².